The number of hydrogen-bond donors (Lipinski definition) is 3. The summed E-state index contributed by atoms with van der Waals surface area (Å²) in [7, 11) is 3.36. The van der Waals surface area contributed by atoms with Crippen LogP contribution in [0.25, 0.3) is 5.32 Å². The van der Waals surface area contributed by atoms with Crippen LogP contribution in [-0.4, -0.2) is 73.1 Å². The van der Waals surface area contributed by atoms with Gasteiger partial charge in [0.2, 0.25) is 5.91 Å². The zero-order valence-corrected chi connectivity index (χ0v) is 23.3. The molecule has 0 saturated heterocycles. The summed E-state index contributed by atoms with van der Waals surface area (Å²) in [5, 5.41) is 20.8. The van der Waals surface area contributed by atoms with Gasteiger partial charge in [0, 0.05) is 25.8 Å². The van der Waals surface area contributed by atoms with Crippen LogP contribution < -0.4 is 57.1 Å². The van der Waals surface area contributed by atoms with Crippen molar-refractivity contribution >= 4 is 17.3 Å². The van der Waals surface area contributed by atoms with E-state index in [0.29, 0.717) is 36.8 Å². The van der Waals surface area contributed by atoms with E-state index in [1.54, 1.807) is 36.9 Å². The monoisotopic (exact) mass is 456 g/mol. The Morgan fingerprint density at radius 2 is 1.87 bits per heavy atom. The van der Waals surface area contributed by atoms with Crippen LogP contribution in [0.3, 0.4) is 0 Å². The molecule has 1 rings (SSSR count). The quantitative estimate of drug-likeness (QED) is 0.206. The molecule has 1 aliphatic carbocycles. The number of hydrogen-bond acceptors (Lipinski definition) is 6. The molecule has 0 bridgehead atoms. The normalized spacial score (nSPS) is 15.6. The molecular formula is C22H37KN6O2. The van der Waals surface area contributed by atoms with Gasteiger partial charge in [-0.05, 0) is 51.3 Å². The summed E-state index contributed by atoms with van der Waals surface area (Å²) in [5.74, 6) is 0.460. The molecule has 168 valence electrons. The van der Waals surface area contributed by atoms with Crippen LogP contribution >= 0.6 is 0 Å². The van der Waals surface area contributed by atoms with Crippen LogP contribution in [0.5, 0.6) is 0 Å². The fourth-order valence-electron chi connectivity index (χ4n) is 2.53. The van der Waals surface area contributed by atoms with Gasteiger partial charge in [-0.2, -0.15) is 0 Å². The minimum absolute atomic E-state index is 0. The standard InChI is InChI=1S/C22H37N6O2.K/c1-7-27(6)20(29)15-28(8-2)19(26-5)14-18(24)21(25)16(3)17(23)10-9-13-30-22(4)11-12-22;/h9-10,14H,7-8,11-13,15H2,1-6H3,(H4-,23,24,25,26);/q-1;+1/b10-9-;. The number of amides is 1. The number of ether oxygens (including phenoxy) is 1. The van der Waals surface area contributed by atoms with Gasteiger partial charge >= 0.3 is 51.4 Å². The predicted molar refractivity (Wildman–Crippen MR) is 123 cm³/mol. The number of nitrogens with one attached hydrogen (secondary N) is 2. The van der Waals surface area contributed by atoms with Crippen molar-refractivity contribution in [1.29, 1.82) is 10.8 Å². The van der Waals surface area contributed by atoms with Crippen molar-refractivity contribution < 1.29 is 60.9 Å². The smallest absolute Gasteiger partial charge is 0.469 e. The SMILES string of the molecule is CCN(C)C(=O)CN(CC)/C(=C/C(=N)C(=N)/C(C)=C(N)/C=C\COC1(C)CC1)[N-]C.[K+]. The molecule has 1 saturated carbocycles. The molecule has 1 aliphatic rings. The van der Waals surface area contributed by atoms with Gasteiger partial charge in [0.25, 0.3) is 0 Å². The zero-order chi connectivity index (χ0) is 22.9. The van der Waals surface area contributed by atoms with Crippen molar-refractivity contribution in [3.63, 3.8) is 0 Å². The molecule has 31 heavy (non-hydrogen) atoms. The average molecular weight is 457 g/mol. The molecule has 0 radical (unpaired) electrons. The molecule has 0 aromatic rings. The number of nitrogens with zero attached hydrogens (tertiary/aromatic N) is 3. The Balaban J connectivity index is 0.00000900. The third-order valence-electron chi connectivity index (χ3n) is 5.29. The third kappa shape index (κ3) is 10.0. The van der Waals surface area contributed by atoms with E-state index in [1.165, 1.54) is 6.08 Å². The van der Waals surface area contributed by atoms with Gasteiger partial charge in [-0.3, -0.25) is 15.6 Å². The molecule has 0 aromatic carbocycles. The second-order valence-corrected chi connectivity index (χ2v) is 7.68. The van der Waals surface area contributed by atoms with Gasteiger partial charge in [0.15, 0.2) is 0 Å². The summed E-state index contributed by atoms with van der Waals surface area (Å²) in [6.07, 6.45) is 7.22. The van der Waals surface area contributed by atoms with Crippen molar-refractivity contribution in [1.82, 2.24) is 9.80 Å². The molecule has 0 heterocycles. The summed E-state index contributed by atoms with van der Waals surface area (Å²) in [6.45, 7) is 9.46. The molecule has 0 spiro atoms. The van der Waals surface area contributed by atoms with Crippen LogP contribution in [-0.2, 0) is 9.53 Å². The van der Waals surface area contributed by atoms with E-state index in [0.717, 1.165) is 12.8 Å². The minimum atomic E-state index is -0.0248. The first kappa shape index (κ1) is 30.0. The van der Waals surface area contributed by atoms with Crippen molar-refractivity contribution in [3.8, 4) is 0 Å². The molecule has 0 atom stereocenters. The van der Waals surface area contributed by atoms with E-state index < -0.39 is 0 Å². The van der Waals surface area contributed by atoms with Gasteiger partial charge in [-0.15, -0.1) is 0 Å². The van der Waals surface area contributed by atoms with Gasteiger partial charge in [-0.1, -0.05) is 32.4 Å². The molecule has 1 fully saturated rings. The maximum atomic E-state index is 12.2. The first-order valence-corrected chi connectivity index (χ1v) is 10.3. The molecular weight excluding hydrogens is 419 g/mol. The van der Waals surface area contributed by atoms with E-state index in [-0.39, 0.29) is 80.9 Å². The van der Waals surface area contributed by atoms with Gasteiger partial charge in [-0.25, -0.2) is 0 Å². The summed E-state index contributed by atoms with van der Waals surface area (Å²) in [6, 6.07) is 0. The number of carbonyl (C=O) groups excluding carboxylic acids is 1. The first-order valence-electron chi connectivity index (χ1n) is 10.3. The summed E-state index contributed by atoms with van der Waals surface area (Å²) >= 11 is 0. The van der Waals surface area contributed by atoms with Crippen LogP contribution in [0.1, 0.15) is 40.5 Å². The summed E-state index contributed by atoms with van der Waals surface area (Å²) in [5.41, 5.74) is 7.02. The van der Waals surface area contributed by atoms with Crippen LogP contribution in [0.15, 0.2) is 35.3 Å². The van der Waals surface area contributed by atoms with Gasteiger partial charge in [0.1, 0.15) is 0 Å². The maximum Gasteiger partial charge on any atom is 1.00 e. The predicted octanol–water partition coefficient (Wildman–Crippen LogP) is 0.0330. The van der Waals surface area contributed by atoms with Crippen molar-refractivity contribution in [2.45, 2.75) is 46.1 Å². The van der Waals surface area contributed by atoms with Crippen molar-refractivity contribution in [2.75, 3.05) is 40.3 Å². The molecule has 0 aliphatic heterocycles. The Labute approximate surface area is 229 Å². The fraction of sp³-hybridized carbons (Fsp3) is 0.591. The van der Waals surface area contributed by atoms with E-state index in [4.69, 9.17) is 21.3 Å². The molecule has 1 amide bonds. The third-order valence-corrected chi connectivity index (χ3v) is 5.29. The van der Waals surface area contributed by atoms with E-state index in [2.05, 4.69) is 12.2 Å². The van der Waals surface area contributed by atoms with Crippen LogP contribution in [0.2, 0.25) is 0 Å². The van der Waals surface area contributed by atoms with Crippen LogP contribution in [0.4, 0.5) is 0 Å². The fourth-order valence-corrected chi connectivity index (χ4v) is 2.53. The van der Waals surface area contributed by atoms with Crippen molar-refractivity contribution in [2.24, 2.45) is 5.73 Å². The number of rotatable bonds is 13. The second-order valence-electron chi connectivity index (χ2n) is 7.68. The molecule has 4 N–H and O–H groups in total. The minimum Gasteiger partial charge on any atom is -0.469 e. The summed E-state index contributed by atoms with van der Waals surface area (Å²) in [4.78, 5) is 15.7. The van der Waals surface area contributed by atoms with Crippen LogP contribution in [0, 0.1) is 10.8 Å². The first-order chi connectivity index (χ1) is 14.1. The average Bonchev–Trinajstić information content (AvgIpc) is 3.48. The number of allylic oxidation sites excluding steroid dienone is 3. The zero-order valence-electron chi connectivity index (χ0n) is 20.2. The maximum absolute atomic E-state index is 12.2. The van der Waals surface area contributed by atoms with E-state index in [9.17, 15) is 4.79 Å². The molecule has 8 nitrogen and oxygen atoms in total. The van der Waals surface area contributed by atoms with E-state index >= 15 is 0 Å². The molecule has 0 aromatic heterocycles. The topological polar surface area (TPSA) is 121 Å². The van der Waals surface area contributed by atoms with E-state index in [1.807, 2.05) is 19.9 Å². The Morgan fingerprint density at radius 1 is 1.26 bits per heavy atom. The Hall–Kier alpha value is -0.974. The Bertz CT molecular complexity index is 740. The number of carbonyl (C=O) groups is 1. The Morgan fingerprint density at radius 3 is 2.35 bits per heavy atom. The second kappa shape index (κ2) is 14.2. The molecule has 0 unspecified atom stereocenters. The summed E-state index contributed by atoms with van der Waals surface area (Å²) < 4.78 is 5.72. The molecule has 9 heteroatoms. The number of likely N-dealkylation sites (N-methyl/N-ethyl adjacent to an activating group) is 2. The Kier molecular flexibility index (Phi) is 13.8. The van der Waals surface area contributed by atoms with Crippen molar-refractivity contribution in [3.05, 3.63) is 40.6 Å². The largest absolute Gasteiger partial charge is 1.00 e. The number of nitrogens with two attached hydrogens (primary N) is 1. The van der Waals surface area contributed by atoms with Gasteiger partial charge < -0.3 is 25.6 Å². The van der Waals surface area contributed by atoms with Gasteiger partial charge in [0.05, 0.1) is 23.6 Å².